The van der Waals surface area contributed by atoms with Gasteiger partial charge in [0.25, 0.3) is 5.91 Å². The zero-order valence-electron chi connectivity index (χ0n) is 11.1. The highest BCUT2D eigenvalue weighted by molar-refractivity contribution is 6.04. The topological polar surface area (TPSA) is 55.4 Å². The van der Waals surface area contributed by atoms with Gasteiger partial charge >= 0.3 is 0 Å². The zero-order valence-corrected chi connectivity index (χ0v) is 11.1. The molecule has 0 aliphatic heterocycles. The van der Waals surface area contributed by atoms with Gasteiger partial charge in [-0.15, -0.1) is 0 Å². The van der Waals surface area contributed by atoms with Crippen molar-refractivity contribution in [3.63, 3.8) is 0 Å². The maximum atomic E-state index is 12.0. The highest BCUT2D eigenvalue weighted by atomic mass is 16.5. The van der Waals surface area contributed by atoms with Gasteiger partial charge in [0.15, 0.2) is 0 Å². The van der Waals surface area contributed by atoms with E-state index in [0.29, 0.717) is 23.4 Å². The van der Waals surface area contributed by atoms with Gasteiger partial charge in [-0.2, -0.15) is 0 Å². The average Bonchev–Trinajstić information content (AvgIpc) is 2.48. The van der Waals surface area contributed by atoms with Crippen molar-refractivity contribution in [3.8, 4) is 5.75 Å². The summed E-state index contributed by atoms with van der Waals surface area (Å²) in [6.07, 6.45) is 0.743. The molecule has 102 valence electrons. The van der Waals surface area contributed by atoms with Crippen LogP contribution in [-0.2, 0) is 0 Å². The fourth-order valence-electron chi connectivity index (χ4n) is 1.76. The van der Waals surface area contributed by atoms with Crippen molar-refractivity contribution < 1.29 is 14.3 Å². The molecule has 0 bridgehead atoms. The predicted molar refractivity (Wildman–Crippen MR) is 77.4 cm³/mol. The number of ether oxygens (including phenoxy) is 1. The molecule has 0 atom stereocenters. The minimum absolute atomic E-state index is 0.226. The van der Waals surface area contributed by atoms with Crippen LogP contribution in [0.1, 0.15) is 27.6 Å². The third-order valence-electron chi connectivity index (χ3n) is 2.71. The summed E-state index contributed by atoms with van der Waals surface area (Å²) in [5.74, 6) is 0.503. The molecule has 4 nitrogen and oxygen atoms in total. The standard InChI is InChI=1S/C16H15NO3/c1-2-20-15-8-6-13(7-9-15)16(19)17-14-5-3-4-12(10-14)11-18/h3-11H,2H2,1H3,(H,17,19). The minimum atomic E-state index is -0.226. The summed E-state index contributed by atoms with van der Waals surface area (Å²) in [4.78, 5) is 22.7. The van der Waals surface area contributed by atoms with Crippen LogP contribution >= 0.6 is 0 Å². The first-order chi connectivity index (χ1) is 9.72. The van der Waals surface area contributed by atoms with E-state index >= 15 is 0 Å². The van der Waals surface area contributed by atoms with Crippen molar-refractivity contribution in [2.75, 3.05) is 11.9 Å². The Morgan fingerprint density at radius 1 is 1.20 bits per heavy atom. The Morgan fingerprint density at radius 3 is 2.60 bits per heavy atom. The Labute approximate surface area is 117 Å². The molecule has 0 fully saturated rings. The summed E-state index contributed by atoms with van der Waals surface area (Å²) < 4.78 is 5.32. The molecule has 0 unspecified atom stereocenters. The van der Waals surface area contributed by atoms with Gasteiger partial charge in [0.2, 0.25) is 0 Å². The number of rotatable bonds is 5. The normalized spacial score (nSPS) is 9.85. The van der Waals surface area contributed by atoms with Crippen LogP contribution in [0.15, 0.2) is 48.5 Å². The molecule has 0 saturated heterocycles. The first-order valence-electron chi connectivity index (χ1n) is 6.32. The first kappa shape index (κ1) is 13.8. The number of benzene rings is 2. The summed E-state index contributed by atoms with van der Waals surface area (Å²) in [6.45, 7) is 2.49. The van der Waals surface area contributed by atoms with Gasteiger partial charge in [-0.25, -0.2) is 0 Å². The van der Waals surface area contributed by atoms with Crippen molar-refractivity contribution in [2.24, 2.45) is 0 Å². The van der Waals surface area contributed by atoms with Crippen LogP contribution < -0.4 is 10.1 Å². The van der Waals surface area contributed by atoms with E-state index < -0.39 is 0 Å². The number of amides is 1. The van der Waals surface area contributed by atoms with Crippen molar-refractivity contribution in [2.45, 2.75) is 6.92 Å². The van der Waals surface area contributed by atoms with Crippen molar-refractivity contribution >= 4 is 17.9 Å². The molecule has 0 radical (unpaired) electrons. The number of carbonyl (C=O) groups excluding carboxylic acids is 2. The third-order valence-corrected chi connectivity index (χ3v) is 2.71. The molecule has 0 saturated carbocycles. The summed E-state index contributed by atoms with van der Waals surface area (Å²) in [6, 6.07) is 13.7. The fraction of sp³-hybridized carbons (Fsp3) is 0.125. The number of aldehydes is 1. The SMILES string of the molecule is CCOc1ccc(C(=O)Nc2cccc(C=O)c2)cc1. The number of nitrogens with one attached hydrogen (secondary N) is 1. The largest absolute Gasteiger partial charge is 0.494 e. The van der Waals surface area contributed by atoms with E-state index in [0.717, 1.165) is 12.0 Å². The molecule has 0 heterocycles. The van der Waals surface area contributed by atoms with Crippen LogP contribution in [0, 0.1) is 0 Å². The zero-order chi connectivity index (χ0) is 14.4. The Balaban J connectivity index is 2.09. The van der Waals surface area contributed by atoms with Crippen LogP contribution in [0.25, 0.3) is 0 Å². The van der Waals surface area contributed by atoms with Crippen molar-refractivity contribution in [3.05, 3.63) is 59.7 Å². The molecule has 1 N–H and O–H groups in total. The molecular formula is C16H15NO3. The van der Waals surface area contributed by atoms with Crippen LogP contribution in [-0.4, -0.2) is 18.8 Å². The smallest absolute Gasteiger partial charge is 0.255 e. The number of anilines is 1. The molecule has 4 heteroatoms. The monoisotopic (exact) mass is 269 g/mol. The Kier molecular flexibility index (Phi) is 4.50. The molecule has 2 aromatic rings. The summed E-state index contributed by atoms with van der Waals surface area (Å²) in [5.41, 5.74) is 1.65. The van der Waals surface area contributed by atoms with Gasteiger partial charge in [0.05, 0.1) is 6.61 Å². The number of hydrogen-bond acceptors (Lipinski definition) is 3. The number of hydrogen-bond donors (Lipinski definition) is 1. The van der Waals surface area contributed by atoms with Gasteiger partial charge in [-0.3, -0.25) is 9.59 Å². The van der Waals surface area contributed by atoms with Gasteiger partial charge < -0.3 is 10.1 Å². The fourth-order valence-corrected chi connectivity index (χ4v) is 1.76. The highest BCUT2D eigenvalue weighted by Crippen LogP contribution is 2.15. The molecule has 2 rings (SSSR count). The molecule has 0 aliphatic rings. The molecular weight excluding hydrogens is 254 g/mol. The van der Waals surface area contributed by atoms with Crippen LogP contribution in [0.2, 0.25) is 0 Å². The van der Waals surface area contributed by atoms with E-state index in [2.05, 4.69) is 5.32 Å². The quantitative estimate of drug-likeness (QED) is 0.848. The van der Waals surface area contributed by atoms with E-state index in [1.165, 1.54) is 0 Å². The lowest BCUT2D eigenvalue weighted by Gasteiger charge is -2.07. The molecule has 20 heavy (non-hydrogen) atoms. The van der Waals surface area contributed by atoms with Gasteiger partial charge in [0.1, 0.15) is 12.0 Å². The second-order valence-electron chi connectivity index (χ2n) is 4.15. The maximum absolute atomic E-state index is 12.0. The highest BCUT2D eigenvalue weighted by Gasteiger charge is 2.06. The van der Waals surface area contributed by atoms with E-state index in [-0.39, 0.29) is 5.91 Å². The van der Waals surface area contributed by atoms with Crippen molar-refractivity contribution in [1.29, 1.82) is 0 Å². The van der Waals surface area contributed by atoms with Crippen molar-refractivity contribution in [1.82, 2.24) is 0 Å². The Bertz CT molecular complexity index is 605. The van der Waals surface area contributed by atoms with Gasteiger partial charge in [0, 0.05) is 16.8 Å². The minimum Gasteiger partial charge on any atom is -0.494 e. The Morgan fingerprint density at radius 2 is 1.95 bits per heavy atom. The molecule has 1 amide bonds. The average molecular weight is 269 g/mol. The molecule has 0 spiro atoms. The molecule has 2 aromatic carbocycles. The van der Waals surface area contributed by atoms with Crippen LogP contribution in [0.5, 0.6) is 5.75 Å². The Hall–Kier alpha value is -2.62. The van der Waals surface area contributed by atoms with E-state index in [4.69, 9.17) is 4.74 Å². The van der Waals surface area contributed by atoms with E-state index in [9.17, 15) is 9.59 Å². The number of carbonyl (C=O) groups is 2. The third kappa shape index (κ3) is 3.45. The van der Waals surface area contributed by atoms with E-state index in [1.807, 2.05) is 6.92 Å². The van der Waals surface area contributed by atoms with Crippen LogP contribution in [0.4, 0.5) is 5.69 Å². The van der Waals surface area contributed by atoms with Gasteiger partial charge in [-0.05, 0) is 43.3 Å². The summed E-state index contributed by atoms with van der Waals surface area (Å²) in [5, 5.41) is 2.75. The first-order valence-corrected chi connectivity index (χ1v) is 6.32. The summed E-state index contributed by atoms with van der Waals surface area (Å²) in [7, 11) is 0. The maximum Gasteiger partial charge on any atom is 0.255 e. The lowest BCUT2D eigenvalue weighted by Crippen LogP contribution is -2.11. The summed E-state index contributed by atoms with van der Waals surface area (Å²) >= 11 is 0. The van der Waals surface area contributed by atoms with Gasteiger partial charge in [-0.1, -0.05) is 12.1 Å². The van der Waals surface area contributed by atoms with Crippen LogP contribution in [0.3, 0.4) is 0 Å². The lowest BCUT2D eigenvalue weighted by atomic mass is 10.2. The molecule has 0 aromatic heterocycles. The molecule has 0 aliphatic carbocycles. The second kappa shape index (κ2) is 6.52. The predicted octanol–water partition coefficient (Wildman–Crippen LogP) is 3.15. The van der Waals surface area contributed by atoms with E-state index in [1.54, 1.807) is 48.5 Å². The second-order valence-corrected chi connectivity index (χ2v) is 4.15. The lowest BCUT2D eigenvalue weighted by molar-refractivity contribution is 0.102.